The number of rotatable bonds is 4. The van der Waals surface area contributed by atoms with Crippen molar-refractivity contribution in [1.29, 1.82) is 0 Å². The van der Waals surface area contributed by atoms with Crippen LogP contribution in [0.3, 0.4) is 0 Å². The molecule has 2 rings (SSSR count). The molecule has 0 spiro atoms. The number of hydrogen-bond donors (Lipinski definition) is 0. The molecular formula is C15H14F3NO4. The molecule has 0 atom stereocenters. The molecule has 1 aromatic carbocycles. The number of alkyl halides is 3. The number of carbonyl (C=O) groups excluding carboxylic acids is 2. The average Bonchev–Trinajstić information content (AvgIpc) is 2.68. The third-order valence-electron chi connectivity index (χ3n) is 3.10. The number of esters is 1. The van der Waals surface area contributed by atoms with Gasteiger partial charge in [-0.25, -0.2) is 4.79 Å². The summed E-state index contributed by atoms with van der Waals surface area (Å²) in [5, 5.41) is 0. The van der Waals surface area contributed by atoms with Crippen molar-refractivity contribution in [3.8, 4) is 5.75 Å². The smallest absolute Gasteiger partial charge is 0.463 e. The van der Waals surface area contributed by atoms with Gasteiger partial charge in [0.15, 0.2) is 0 Å². The summed E-state index contributed by atoms with van der Waals surface area (Å²) >= 11 is 0. The van der Waals surface area contributed by atoms with Gasteiger partial charge in [-0.05, 0) is 24.6 Å². The Kier molecular flexibility index (Phi) is 4.63. The van der Waals surface area contributed by atoms with E-state index in [0.717, 1.165) is 18.2 Å². The van der Waals surface area contributed by atoms with Crippen LogP contribution in [-0.2, 0) is 14.3 Å². The number of ether oxygens (including phenoxy) is 2. The van der Waals surface area contributed by atoms with Gasteiger partial charge >= 0.3 is 12.3 Å². The van der Waals surface area contributed by atoms with Gasteiger partial charge in [0, 0.05) is 18.7 Å². The van der Waals surface area contributed by atoms with Crippen molar-refractivity contribution in [3.05, 3.63) is 29.8 Å². The molecule has 1 amide bonds. The number of carbonyl (C=O) groups is 2. The Hall–Kier alpha value is -2.51. The maximum atomic E-state index is 12.3. The third kappa shape index (κ3) is 3.82. The molecule has 0 aromatic heterocycles. The predicted octanol–water partition coefficient (Wildman–Crippen LogP) is 2.90. The van der Waals surface area contributed by atoms with E-state index in [0.29, 0.717) is 12.1 Å². The van der Waals surface area contributed by atoms with E-state index in [9.17, 15) is 22.8 Å². The number of fused-ring (bicyclic) bond motifs is 1. The summed E-state index contributed by atoms with van der Waals surface area (Å²) in [5.74, 6) is -1.69. The maximum absolute atomic E-state index is 12.3. The maximum Gasteiger partial charge on any atom is 0.573 e. The fourth-order valence-electron chi connectivity index (χ4n) is 2.13. The minimum absolute atomic E-state index is 0.0313. The average molecular weight is 329 g/mol. The summed E-state index contributed by atoms with van der Waals surface area (Å²) in [6, 6.07) is 3.50. The third-order valence-corrected chi connectivity index (χ3v) is 3.10. The van der Waals surface area contributed by atoms with Gasteiger partial charge in [-0.1, -0.05) is 6.92 Å². The van der Waals surface area contributed by atoms with Crippen molar-refractivity contribution in [3.63, 3.8) is 0 Å². The Morgan fingerprint density at radius 2 is 2.04 bits per heavy atom. The Bertz CT molecular complexity index is 667. The van der Waals surface area contributed by atoms with Crippen LogP contribution in [0.15, 0.2) is 24.3 Å². The molecule has 0 unspecified atom stereocenters. The van der Waals surface area contributed by atoms with Crippen molar-refractivity contribution in [2.24, 2.45) is 0 Å². The number of anilines is 1. The van der Waals surface area contributed by atoms with Crippen molar-refractivity contribution in [2.75, 3.05) is 18.6 Å². The lowest BCUT2D eigenvalue weighted by Crippen LogP contribution is -2.20. The molecule has 0 bridgehead atoms. The van der Waals surface area contributed by atoms with Gasteiger partial charge < -0.3 is 14.4 Å². The fourth-order valence-corrected chi connectivity index (χ4v) is 2.13. The molecule has 1 aliphatic heterocycles. The topological polar surface area (TPSA) is 55.8 Å². The van der Waals surface area contributed by atoms with Crippen LogP contribution in [-0.4, -0.2) is 31.9 Å². The van der Waals surface area contributed by atoms with Crippen LogP contribution < -0.4 is 9.64 Å². The summed E-state index contributed by atoms with van der Waals surface area (Å²) in [4.78, 5) is 25.0. The normalized spacial score (nSPS) is 15.8. The van der Waals surface area contributed by atoms with E-state index in [4.69, 9.17) is 4.74 Å². The van der Waals surface area contributed by atoms with Crippen LogP contribution in [0.5, 0.6) is 5.75 Å². The van der Waals surface area contributed by atoms with Gasteiger partial charge in [-0.15, -0.1) is 13.2 Å². The Morgan fingerprint density at radius 1 is 1.35 bits per heavy atom. The molecule has 0 saturated carbocycles. The Balaban J connectivity index is 2.37. The van der Waals surface area contributed by atoms with Crippen molar-refractivity contribution < 1.29 is 32.2 Å². The number of halogens is 3. The Labute approximate surface area is 130 Å². The number of benzene rings is 1. The standard InChI is InChI=1S/C15H14F3NO4/c1-3-6-22-13(20)8-11-10-7-9(23-15(16,17)18)4-5-12(10)19(2)14(11)21/h4-5,7-8H,3,6H2,1-2H3/b11-8+. The first-order valence-corrected chi connectivity index (χ1v) is 6.79. The van der Waals surface area contributed by atoms with Crippen LogP contribution in [0.1, 0.15) is 18.9 Å². The van der Waals surface area contributed by atoms with E-state index < -0.39 is 24.0 Å². The lowest BCUT2D eigenvalue weighted by atomic mass is 10.1. The van der Waals surface area contributed by atoms with Crippen LogP contribution in [0.4, 0.5) is 18.9 Å². The first-order valence-electron chi connectivity index (χ1n) is 6.79. The van der Waals surface area contributed by atoms with Gasteiger partial charge in [0.2, 0.25) is 0 Å². The zero-order chi connectivity index (χ0) is 17.2. The highest BCUT2D eigenvalue weighted by Gasteiger charge is 2.34. The van der Waals surface area contributed by atoms with Crippen LogP contribution >= 0.6 is 0 Å². The summed E-state index contributed by atoms with van der Waals surface area (Å²) < 4.78 is 45.6. The Morgan fingerprint density at radius 3 is 2.65 bits per heavy atom. The van der Waals surface area contributed by atoms with Crippen molar-refractivity contribution in [2.45, 2.75) is 19.7 Å². The van der Waals surface area contributed by atoms with E-state index >= 15 is 0 Å². The highest BCUT2D eigenvalue weighted by atomic mass is 19.4. The SMILES string of the molecule is CCCOC(=O)/C=C1/C(=O)N(C)c2ccc(OC(F)(F)F)cc21. The fraction of sp³-hybridized carbons (Fsp3) is 0.333. The molecule has 23 heavy (non-hydrogen) atoms. The molecule has 5 nitrogen and oxygen atoms in total. The van der Waals surface area contributed by atoms with Gasteiger partial charge in [-0.2, -0.15) is 0 Å². The molecule has 1 aliphatic rings. The van der Waals surface area contributed by atoms with E-state index in [-0.39, 0.29) is 17.7 Å². The zero-order valence-electron chi connectivity index (χ0n) is 12.4. The lowest BCUT2D eigenvalue weighted by molar-refractivity contribution is -0.274. The van der Waals surface area contributed by atoms with Crippen LogP contribution in [0, 0.1) is 0 Å². The molecule has 124 valence electrons. The minimum atomic E-state index is -4.84. The minimum Gasteiger partial charge on any atom is -0.463 e. The highest BCUT2D eigenvalue weighted by Crippen LogP contribution is 2.39. The predicted molar refractivity (Wildman–Crippen MR) is 75.8 cm³/mol. The quantitative estimate of drug-likeness (QED) is 0.630. The van der Waals surface area contributed by atoms with E-state index in [1.54, 1.807) is 0 Å². The van der Waals surface area contributed by atoms with Crippen LogP contribution in [0.2, 0.25) is 0 Å². The number of amides is 1. The number of hydrogen-bond acceptors (Lipinski definition) is 4. The highest BCUT2D eigenvalue weighted by molar-refractivity contribution is 6.34. The molecule has 0 saturated heterocycles. The zero-order valence-corrected chi connectivity index (χ0v) is 12.4. The van der Waals surface area contributed by atoms with Gasteiger partial charge in [0.25, 0.3) is 5.91 Å². The van der Waals surface area contributed by atoms with Gasteiger partial charge in [0.05, 0.1) is 17.9 Å². The molecule has 0 aliphatic carbocycles. The molecule has 0 N–H and O–H groups in total. The van der Waals surface area contributed by atoms with E-state index in [1.165, 1.54) is 18.0 Å². The van der Waals surface area contributed by atoms with Gasteiger partial charge in [0.1, 0.15) is 5.75 Å². The van der Waals surface area contributed by atoms with Gasteiger partial charge in [-0.3, -0.25) is 4.79 Å². The lowest BCUT2D eigenvalue weighted by Gasteiger charge is -2.11. The largest absolute Gasteiger partial charge is 0.573 e. The van der Waals surface area contributed by atoms with E-state index in [2.05, 4.69) is 4.74 Å². The first kappa shape index (κ1) is 16.9. The molecule has 1 heterocycles. The number of likely N-dealkylation sites (N-methyl/N-ethyl adjacent to an activating group) is 1. The number of nitrogens with zero attached hydrogens (tertiary/aromatic N) is 1. The first-order chi connectivity index (χ1) is 10.7. The van der Waals surface area contributed by atoms with E-state index in [1.807, 2.05) is 6.92 Å². The molecule has 1 aromatic rings. The molecule has 0 radical (unpaired) electrons. The second-order valence-electron chi connectivity index (χ2n) is 4.82. The van der Waals surface area contributed by atoms with Crippen LogP contribution in [0.25, 0.3) is 5.57 Å². The molecule has 8 heteroatoms. The molecule has 0 fully saturated rings. The second-order valence-corrected chi connectivity index (χ2v) is 4.82. The summed E-state index contributed by atoms with van der Waals surface area (Å²) in [5.41, 5.74) is 0.544. The summed E-state index contributed by atoms with van der Waals surface area (Å²) in [7, 11) is 1.46. The van der Waals surface area contributed by atoms with Crippen molar-refractivity contribution in [1.82, 2.24) is 0 Å². The molecular weight excluding hydrogens is 315 g/mol. The summed E-state index contributed by atoms with van der Waals surface area (Å²) in [6.07, 6.45) is -3.24. The summed E-state index contributed by atoms with van der Waals surface area (Å²) in [6.45, 7) is 2.00. The van der Waals surface area contributed by atoms with Crippen molar-refractivity contribution >= 4 is 23.1 Å². The second kappa shape index (κ2) is 6.31. The monoisotopic (exact) mass is 329 g/mol.